The maximum Gasteiger partial charge on any atom is 0.340 e. The van der Waals surface area contributed by atoms with Crippen LogP contribution < -0.4 is 10.4 Å². The van der Waals surface area contributed by atoms with Gasteiger partial charge in [0.05, 0.1) is 30.8 Å². The molecule has 2 aromatic rings. The zero-order chi connectivity index (χ0) is 19.0. The minimum absolute atomic E-state index is 0.0979. The molecular formula is C20H23NO6. The molecule has 3 heterocycles. The maximum absolute atomic E-state index is 12.5. The Morgan fingerprint density at radius 2 is 2.22 bits per heavy atom. The molecule has 144 valence electrons. The Morgan fingerprint density at radius 1 is 1.37 bits per heavy atom. The largest absolute Gasteiger partial charge is 0.478 e. The maximum atomic E-state index is 12.5. The van der Waals surface area contributed by atoms with E-state index in [-0.39, 0.29) is 12.5 Å². The third-order valence-electron chi connectivity index (χ3n) is 5.33. The third kappa shape index (κ3) is 3.44. The van der Waals surface area contributed by atoms with Crippen LogP contribution in [-0.4, -0.2) is 44.0 Å². The van der Waals surface area contributed by atoms with Crippen molar-refractivity contribution in [1.82, 2.24) is 4.90 Å². The summed E-state index contributed by atoms with van der Waals surface area (Å²) in [5.41, 5.74) is 1.96. The Bertz CT molecular complexity index is 928. The van der Waals surface area contributed by atoms with Crippen LogP contribution in [0.3, 0.4) is 0 Å². The van der Waals surface area contributed by atoms with E-state index >= 15 is 0 Å². The summed E-state index contributed by atoms with van der Waals surface area (Å²) in [6.45, 7) is 4.56. The number of aryl methyl sites for hydroxylation is 1. The van der Waals surface area contributed by atoms with Crippen molar-refractivity contribution < 1.29 is 23.4 Å². The molecule has 4 rings (SSSR count). The van der Waals surface area contributed by atoms with E-state index in [4.69, 9.17) is 13.9 Å². The minimum Gasteiger partial charge on any atom is -0.478 e. The summed E-state index contributed by atoms with van der Waals surface area (Å²) in [7, 11) is 1.30. The molecule has 2 aliphatic heterocycles. The Labute approximate surface area is 156 Å². The number of fused-ring (bicyclic) bond motifs is 3. The standard InChI is InChI=1S/C20H23NO6/c1-12-14-5-6-17-16(10-21(11-26-17)9-13-4-3-7-25-13)19(14)27-20(23)15(12)8-18(22)24-2/h5-6,13H,3-4,7-11H2,1-2H3/t13-/m0/s1. The summed E-state index contributed by atoms with van der Waals surface area (Å²) in [5.74, 6) is 0.267. The van der Waals surface area contributed by atoms with Crippen LogP contribution in [-0.2, 0) is 27.2 Å². The highest BCUT2D eigenvalue weighted by Gasteiger charge is 2.26. The van der Waals surface area contributed by atoms with Crippen LogP contribution in [0.25, 0.3) is 11.0 Å². The van der Waals surface area contributed by atoms with Crippen molar-refractivity contribution in [3.05, 3.63) is 39.2 Å². The lowest BCUT2D eigenvalue weighted by atomic mass is 10.00. The van der Waals surface area contributed by atoms with Gasteiger partial charge in [-0.05, 0) is 37.5 Å². The summed E-state index contributed by atoms with van der Waals surface area (Å²) in [6, 6.07) is 3.78. The molecule has 0 amide bonds. The quantitative estimate of drug-likeness (QED) is 0.600. The van der Waals surface area contributed by atoms with Gasteiger partial charge in [-0.2, -0.15) is 0 Å². The number of rotatable bonds is 4. The topological polar surface area (TPSA) is 78.2 Å². The van der Waals surface area contributed by atoms with Crippen molar-refractivity contribution in [2.24, 2.45) is 0 Å². The highest BCUT2D eigenvalue weighted by Crippen LogP contribution is 2.34. The number of carbonyl (C=O) groups is 1. The molecule has 2 aliphatic rings. The van der Waals surface area contributed by atoms with Gasteiger partial charge in [0, 0.05) is 25.1 Å². The molecule has 1 aromatic carbocycles. The average molecular weight is 373 g/mol. The van der Waals surface area contributed by atoms with Crippen molar-refractivity contribution >= 4 is 16.9 Å². The van der Waals surface area contributed by atoms with Crippen LogP contribution in [0.1, 0.15) is 29.5 Å². The zero-order valence-electron chi connectivity index (χ0n) is 15.6. The van der Waals surface area contributed by atoms with Crippen LogP contribution in [0, 0.1) is 6.92 Å². The monoisotopic (exact) mass is 373 g/mol. The van der Waals surface area contributed by atoms with E-state index in [0.717, 1.165) is 48.3 Å². The zero-order valence-corrected chi connectivity index (χ0v) is 15.6. The molecule has 27 heavy (non-hydrogen) atoms. The number of benzene rings is 1. The van der Waals surface area contributed by atoms with Crippen LogP contribution in [0.15, 0.2) is 21.3 Å². The van der Waals surface area contributed by atoms with Crippen LogP contribution >= 0.6 is 0 Å². The molecule has 0 N–H and O–H groups in total. The molecule has 7 nitrogen and oxygen atoms in total. The van der Waals surface area contributed by atoms with Gasteiger partial charge in [0.15, 0.2) is 0 Å². The minimum atomic E-state index is -0.505. The first-order chi connectivity index (χ1) is 13.1. The molecule has 1 aromatic heterocycles. The number of hydrogen-bond donors (Lipinski definition) is 0. The van der Waals surface area contributed by atoms with E-state index in [1.807, 2.05) is 19.1 Å². The number of nitrogens with zero attached hydrogens (tertiary/aromatic N) is 1. The van der Waals surface area contributed by atoms with E-state index in [0.29, 0.717) is 24.4 Å². The Balaban J connectivity index is 1.70. The van der Waals surface area contributed by atoms with Gasteiger partial charge in [-0.15, -0.1) is 0 Å². The van der Waals surface area contributed by atoms with Crippen molar-refractivity contribution in [3.8, 4) is 5.75 Å². The molecule has 0 radical (unpaired) electrons. The van der Waals surface area contributed by atoms with Crippen LogP contribution in [0.4, 0.5) is 0 Å². The fraction of sp³-hybridized carbons (Fsp3) is 0.500. The number of carbonyl (C=O) groups excluding carboxylic acids is 1. The average Bonchev–Trinajstić information content (AvgIpc) is 3.17. The Morgan fingerprint density at radius 3 is 2.96 bits per heavy atom. The second-order valence-electron chi connectivity index (χ2n) is 7.08. The molecule has 1 fully saturated rings. The second kappa shape index (κ2) is 7.32. The van der Waals surface area contributed by atoms with Gasteiger partial charge in [0.25, 0.3) is 0 Å². The van der Waals surface area contributed by atoms with Crippen molar-refractivity contribution in [2.75, 3.05) is 27.0 Å². The molecule has 0 bridgehead atoms. The van der Waals surface area contributed by atoms with Crippen LogP contribution in [0.2, 0.25) is 0 Å². The van der Waals surface area contributed by atoms with Gasteiger partial charge in [-0.25, -0.2) is 4.79 Å². The van der Waals surface area contributed by atoms with Crippen molar-refractivity contribution in [3.63, 3.8) is 0 Å². The number of esters is 1. The molecule has 0 unspecified atom stereocenters. The molecular weight excluding hydrogens is 350 g/mol. The predicted molar refractivity (Wildman–Crippen MR) is 97.8 cm³/mol. The van der Waals surface area contributed by atoms with Gasteiger partial charge >= 0.3 is 11.6 Å². The van der Waals surface area contributed by atoms with Crippen molar-refractivity contribution in [2.45, 2.75) is 38.8 Å². The molecule has 0 spiro atoms. The Hall–Kier alpha value is -2.38. The third-order valence-corrected chi connectivity index (χ3v) is 5.33. The van der Waals surface area contributed by atoms with E-state index < -0.39 is 11.6 Å². The first kappa shape index (κ1) is 18.0. The van der Waals surface area contributed by atoms with Gasteiger partial charge in [0.1, 0.15) is 18.1 Å². The predicted octanol–water partition coefficient (Wildman–Crippen LogP) is 2.15. The van der Waals surface area contributed by atoms with Gasteiger partial charge in [0.2, 0.25) is 0 Å². The Kier molecular flexibility index (Phi) is 4.88. The first-order valence-electron chi connectivity index (χ1n) is 9.18. The molecule has 7 heteroatoms. The summed E-state index contributed by atoms with van der Waals surface area (Å²) in [4.78, 5) is 26.3. The second-order valence-corrected chi connectivity index (χ2v) is 7.08. The van der Waals surface area contributed by atoms with E-state index in [1.165, 1.54) is 7.11 Å². The summed E-state index contributed by atoms with van der Waals surface area (Å²) in [6.07, 6.45) is 2.28. The SMILES string of the molecule is COC(=O)Cc1c(C)c2ccc3c(c2oc1=O)CN(C[C@@H]1CCCO1)CO3. The first-order valence-corrected chi connectivity index (χ1v) is 9.18. The van der Waals surface area contributed by atoms with Gasteiger partial charge in [-0.1, -0.05) is 0 Å². The van der Waals surface area contributed by atoms with Gasteiger partial charge < -0.3 is 18.6 Å². The normalized spacial score (nSPS) is 19.7. The summed E-state index contributed by atoms with van der Waals surface area (Å²) < 4.78 is 21.9. The highest BCUT2D eigenvalue weighted by molar-refractivity contribution is 5.87. The summed E-state index contributed by atoms with van der Waals surface area (Å²) >= 11 is 0. The lowest BCUT2D eigenvalue weighted by molar-refractivity contribution is -0.139. The van der Waals surface area contributed by atoms with Crippen LogP contribution in [0.5, 0.6) is 5.75 Å². The number of hydrogen-bond acceptors (Lipinski definition) is 7. The van der Waals surface area contributed by atoms with Gasteiger partial charge in [-0.3, -0.25) is 9.69 Å². The smallest absolute Gasteiger partial charge is 0.340 e. The number of ether oxygens (including phenoxy) is 3. The molecule has 1 atom stereocenters. The molecule has 0 aliphatic carbocycles. The lowest BCUT2D eigenvalue weighted by Gasteiger charge is -2.30. The van der Waals surface area contributed by atoms with E-state index in [9.17, 15) is 9.59 Å². The highest BCUT2D eigenvalue weighted by atomic mass is 16.5. The van der Waals surface area contributed by atoms with E-state index in [1.54, 1.807) is 0 Å². The summed E-state index contributed by atoms with van der Waals surface area (Å²) in [5, 5.41) is 0.815. The molecule has 0 saturated carbocycles. The molecule has 1 saturated heterocycles. The van der Waals surface area contributed by atoms with Crippen molar-refractivity contribution in [1.29, 1.82) is 0 Å². The fourth-order valence-electron chi connectivity index (χ4n) is 3.82. The number of methoxy groups -OCH3 is 1. The van der Waals surface area contributed by atoms with E-state index in [2.05, 4.69) is 9.64 Å². The lowest BCUT2D eigenvalue weighted by Crippen LogP contribution is -2.37. The fourth-order valence-corrected chi connectivity index (χ4v) is 3.82.